The fourth-order valence-corrected chi connectivity index (χ4v) is 1.78. The molecule has 0 radical (unpaired) electrons. The van der Waals surface area contributed by atoms with E-state index in [1.807, 2.05) is 32.9 Å². The number of carbonyl (C=O) groups is 1. The first kappa shape index (κ1) is 14.8. The van der Waals surface area contributed by atoms with Gasteiger partial charge in [-0.3, -0.25) is 4.79 Å². The zero-order valence-corrected chi connectivity index (χ0v) is 12.3. The number of benzene rings is 1. The van der Waals surface area contributed by atoms with Gasteiger partial charge >= 0.3 is 0 Å². The van der Waals surface area contributed by atoms with Gasteiger partial charge in [-0.05, 0) is 50.1 Å². The first-order chi connectivity index (χ1) is 10.0. The van der Waals surface area contributed by atoms with Crippen LogP contribution in [0.1, 0.15) is 28.5 Å². The summed E-state index contributed by atoms with van der Waals surface area (Å²) in [6, 6.07) is 6.89. The monoisotopic (exact) mass is 286 g/mol. The Balaban J connectivity index is 2.17. The Hall–Kier alpha value is -2.63. The second-order valence-corrected chi connectivity index (χ2v) is 4.69. The number of nitrogens with zero attached hydrogens (tertiary/aromatic N) is 2. The van der Waals surface area contributed by atoms with Crippen molar-refractivity contribution < 1.29 is 9.53 Å². The molecule has 0 unspecified atom stereocenters. The zero-order valence-electron chi connectivity index (χ0n) is 12.3. The van der Waals surface area contributed by atoms with Crippen LogP contribution in [-0.4, -0.2) is 22.6 Å². The summed E-state index contributed by atoms with van der Waals surface area (Å²) in [5.41, 5.74) is 8.66. The van der Waals surface area contributed by atoms with Crippen LogP contribution in [0.3, 0.4) is 0 Å². The lowest BCUT2D eigenvalue weighted by Crippen LogP contribution is -2.23. The van der Waals surface area contributed by atoms with Gasteiger partial charge in [-0.1, -0.05) is 0 Å². The first-order valence-corrected chi connectivity index (χ1v) is 6.67. The molecule has 1 heterocycles. The number of hydrogen-bond donors (Lipinski definition) is 2. The highest BCUT2D eigenvalue weighted by molar-refractivity contribution is 5.91. The number of hydrogen-bond acceptors (Lipinski definition) is 5. The van der Waals surface area contributed by atoms with Crippen molar-refractivity contribution in [3.8, 4) is 11.6 Å². The van der Waals surface area contributed by atoms with Crippen molar-refractivity contribution in [1.82, 2.24) is 15.5 Å². The van der Waals surface area contributed by atoms with Crippen LogP contribution in [0.15, 0.2) is 24.3 Å². The maximum absolute atomic E-state index is 11.6. The van der Waals surface area contributed by atoms with Crippen molar-refractivity contribution in [3.63, 3.8) is 0 Å². The van der Waals surface area contributed by atoms with Crippen LogP contribution in [0.4, 0.5) is 5.69 Å². The van der Waals surface area contributed by atoms with Crippen LogP contribution < -0.4 is 15.8 Å². The Kier molecular flexibility index (Phi) is 4.37. The number of nitrogens with two attached hydrogens (primary N) is 1. The summed E-state index contributed by atoms with van der Waals surface area (Å²) in [7, 11) is 0. The molecule has 0 saturated carbocycles. The van der Waals surface area contributed by atoms with E-state index in [2.05, 4.69) is 15.5 Å². The third-order valence-corrected chi connectivity index (χ3v) is 2.99. The molecular formula is C15H18N4O2. The lowest BCUT2D eigenvalue weighted by Gasteiger charge is -2.10. The molecule has 21 heavy (non-hydrogen) atoms. The van der Waals surface area contributed by atoms with E-state index >= 15 is 0 Å². The van der Waals surface area contributed by atoms with E-state index in [1.54, 1.807) is 12.1 Å². The Labute approximate surface area is 123 Å². The number of nitrogens with one attached hydrogen (secondary N) is 1. The van der Waals surface area contributed by atoms with Crippen molar-refractivity contribution in [2.24, 2.45) is 0 Å². The average molecular weight is 286 g/mol. The van der Waals surface area contributed by atoms with E-state index in [0.717, 1.165) is 16.8 Å². The number of aromatic nitrogens is 2. The van der Waals surface area contributed by atoms with Gasteiger partial charge in [-0.2, -0.15) is 0 Å². The maximum Gasteiger partial charge on any atom is 0.271 e. The summed E-state index contributed by atoms with van der Waals surface area (Å²) in [6.07, 6.45) is 0. The second kappa shape index (κ2) is 6.21. The molecule has 0 bridgehead atoms. The van der Waals surface area contributed by atoms with Crippen molar-refractivity contribution in [2.45, 2.75) is 20.8 Å². The molecule has 0 saturated heterocycles. The van der Waals surface area contributed by atoms with Gasteiger partial charge in [0.1, 0.15) is 5.75 Å². The third-order valence-electron chi connectivity index (χ3n) is 2.99. The molecule has 0 aliphatic heterocycles. The number of nitrogen functional groups attached to an aromatic ring is 1. The topological polar surface area (TPSA) is 90.1 Å². The fraction of sp³-hybridized carbons (Fsp3) is 0.267. The molecule has 0 spiro atoms. The molecule has 2 aromatic rings. The zero-order chi connectivity index (χ0) is 15.4. The van der Waals surface area contributed by atoms with Crippen LogP contribution in [-0.2, 0) is 0 Å². The smallest absolute Gasteiger partial charge is 0.271 e. The van der Waals surface area contributed by atoms with Crippen LogP contribution >= 0.6 is 0 Å². The summed E-state index contributed by atoms with van der Waals surface area (Å²) >= 11 is 0. The van der Waals surface area contributed by atoms with E-state index in [-0.39, 0.29) is 11.6 Å². The van der Waals surface area contributed by atoms with E-state index < -0.39 is 0 Å². The predicted molar refractivity (Wildman–Crippen MR) is 80.4 cm³/mol. The number of amides is 1. The third kappa shape index (κ3) is 3.47. The van der Waals surface area contributed by atoms with Gasteiger partial charge in [0.15, 0.2) is 5.69 Å². The van der Waals surface area contributed by atoms with E-state index in [9.17, 15) is 4.79 Å². The number of aryl methyl sites for hydroxylation is 2. The van der Waals surface area contributed by atoms with Gasteiger partial charge in [0.05, 0.1) is 0 Å². The Morgan fingerprint density at radius 3 is 2.62 bits per heavy atom. The normalized spacial score (nSPS) is 10.2. The Morgan fingerprint density at radius 1 is 1.24 bits per heavy atom. The molecule has 1 amide bonds. The van der Waals surface area contributed by atoms with Crippen molar-refractivity contribution in [2.75, 3.05) is 12.3 Å². The SMILES string of the molecule is CCNC(=O)c1ccc(Oc2cc(C)c(N)cc2C)nn1. The molecule has 0 fully saturated rings. The maximum atomic E-state index is 11.6. The van der Waals surface area contributed by atoms with Gasteiger partial charge < -0.3 is 15.8 Å². The standard InChI is InChI=1S/C15H18N4O2/c1-4-17-15(20)12-5-6-14(19-18-12)21-13-8-9(2)11(16)7-10(13)3/h5-8H,4,16H2,1-3H3,(H,17,20). The van der Waals surface area contributed by atoms with Crippen molar-refractivity contribution in [1.29, 1.82) is 0 Å². The highest BCUT2D eigenvalue weighted by Crippen LogP contribution is 2.27. The largest absolute Gasteiger partial charge is 0.437 e. The van der Waals surface area contributed by atoms with Gasteiger partial charge in [0.2, 0.25) is 5.88 Å². The lowest BCUT2D eigenvalue weighted by atomic mass is 10.1. The van der Waals surface area contributed by atoms with E-state index in [4.69, 9.17) is 10.5 Å². The van der Waals surface area contributed by atoms with E-state index in [1.165, 1.54) is 0 Å². The molecule has 1 aromatic heterocycles. The molecule has 0 aliphatic rings. The number of carbonyl (C=O) groups excluding carboxylic acids is 1. The Morgan fingerprint density at radius 2 is 2.00 bits per heavy atom. The van der Waals surface area contributed by atoms with Crippen LogP contribution in [0.2, 0.25) is 0 Å². The van der Waals surface area contributed by atoms with Gasteiger partial charge in [-0.15, -0.1) is 10.2 Å². The molecule has 2 rings (SSSR count). The van der Waals surface area contributed by atoms with Crippen molar-refractivity contribution in [3.05, 3.63) is 41.1 Å². The number of rotatable bonds is 4. The highest BCUT2D eigenvalue weighted by Gasteiger charge is 2.09. The predicted octanol–water partition coefficient (Wildman–Crippen LogP) is 2.22. The highest BCUT2D eigenvalue weighted by atomic mass is 16.5. The summed E-state index contributed by atoms with van der Waals surface area (Å²) in [5.74, 6) is 0.744. The molecule has 1 aromatic carbocycles. The summed E-state index contributed by atoms with van der Waals surface area (Å²) in [6.45, 7) is 6.20. The molecule has 3 N–H and O–H groups in total. The molecule has 110 valence electrons. The molecule has 0 atom stereocenters. The quantitative estimate of drug-likeness (QED) is 0.841. The second-order valence-electron chi connectivity index (χ2n) is 4.69. The summed E-state index contributed by atoms with van der Waals surface area (Å²) in [5, 5.41) is 10.4. The lowest BCUT2D eigenvalue weighted by molar-refractivity contribution is 0.0949. The minimum atomic E-state index is -0.254. The molecule has 6 nitrogen and oxygen atoms in total. The van der Waals surface area contributed by atoms with Gasteiger partial charge in [0, 0.05) is 18.3 Å². The van der Waals surface area contributed by atoms with Crippen molar-refractivity contribution >= 4 is 11.6 Å². The minimum Gasteiger partial charge on any atom is -0.437 e. The number of ether oxygens (including phenoxy) is 1. The Bertz CT molecular complexity index is 653. The van der Waals surface area contributed by atoms with Crippen LogP contribution in [0, 0.1) is 13.8 Å². The summed E-state index contributed by atoms with van der Waals surface area (Å²) in [4.78, 5) is 11.6. The average Bonchev–Trinajstić information content (AvgIpc) is 2.46. The molecular weight excluding hydrogens is 268 g/mol. The molecule has 0 aliphatic carbocycles. The van der Waals surface area contributed by atoms with Gasteiger partial charge in [0.25, 0.3) is 5.91 Å². The van der Waals surface area contributed by atoms with E-state index in [0.29, 0.717) is 18.2 Å². The number of anilines is 1. The minimum absolute atomic E-state index is 0.254. The fourth-order valence-electron chi connectivity index (χ4n) is 1.78. The summed E-state index contributed by atoms with van der Waals surface area (Å²) < 4.78 is 5.68. The van der Waals surface area contributed by atoms with Crippen LogP contribution in [0.25, 0.3) is 0 Å². The van der Waals surface area contributed by atoms with Gasteiger partial charge in [-0.25, -0.2) is 0 Å². The molecule has 6 heteroatoms. The first-order valence-electron chi connectivity index (χ1n) is 6.67. The van der Waals surface area contributed by atoms with Crippen LogP contribution in [0.5, 0.6) is 11.6 Å².